The highest BCUT2D eigenvalue weighted by molar-refractivity contribution is 6.03. The van der Waals surface area contributed by atoms with Crippen LogP contribution < -0.4 is 0 Å². The van der Waals surface area contributed by atoms with E-state index in [0.29, 0.717) is 17.9 Å². The fourth-order valence-electron chi connectivity index (χ4n) is 4.01. The number of unbranched alkanes of at least 4 members (excludes halogenated alkanes) is 14. The Labute approximate surface area is 193 Å². The zero-order chi connectivity index (χ0) is 23.6. The zero-order valence-corrected chi connectivity index (χ0v) is 20.2. The molecule has 1 aliphatic heterocycles. The monoisotopic (exact) mass is 453 g/mol. The maximum Gasteiger partial charge on any atom is 0.347 e. The fraction of sp³-hybridized carbons (Fsp3) is 0.840. The molecule has 7 nitrogen and oxygen atoms in total. The van der Waals surface area contributed by atoms with Gasteiger partial charge in [-0.15, -0.1) is 5.06 Å². The molecule has 0 aromatic heterocycles. The van der Waals surface area contributed by atoms with E-state index < -0.39 is 29.7 Å². The Bertz CT molecular complexity index is 561. The summed E-state index contributed by atoms with van der Waals surface area (Å²) < 4.78 is 4.70. The molecule has 0 spiro atoms. The van der Waals surface area contributed by atoms with Crippen molar-refractivity contribution in [1.82, 2.24) is 5.06 Å². The van der Waals surface area contributed by atoms with Crippen LogP contribution in [0, 0.1) is 5.92 Å². The largest absolute Gasteiger partial charge is 0.468 e. The van der Waals surface area contributed by atoms with E-state index in [-0.39, 0.29) is 12.8 Å². The van der Waals surface area contributed by atoms with Crippen LogP contribution in [-0.2, 0) is 28.8 Å². The molecule has 1 atom stereocenters. The molecule has 0 radical (unpaired) electrons. The van der Waals surface area contributed by atoms with Crippen molar-refractivity contribution in [3.05, 3.63) is 0 Å². The van der Waals surface area contributed by atoms with Crippen LogP contribution >= 0.6 is 0 Å². The summed E-state index contributed by atoms with van der Waals surface area (Å²) in [6.07, 6.45) is 18.8. The predicted octanol–water partition coefficient (Wildman–Crippen LogP) is 5.64. The summed E-state index contributed by atoms with van der Waals surface area (Å²) >= 11 is 0. The number of amides is 2. The van der Waals surface area contributed by atoms with Gasteiger partial charge < -0.3 is 9.57 Å². The second-order valence-electron chi connectivity index (χ2n) is 8.81. The summed E-state index contributed by atoms with van der Waals surface area (Å²) in [6, 6.07) is 0. The van der Waals surface area contributed by atoms with E-state index >= 15 is 0 Å². The van der Waals surface area contributed by atoms with Gasteiger partial charge >= 0.3 is 11.9 Å². The van der Waals surface area contributed by atoms with E-state index in [1.165, 1.54) is 77.7 Å². The molecule has 2 amide bonds. The number of methoxy groups -OCH3 is 1. The normalized spacial score (nSPS) is 14.6. The third-order valence-corrected chi connectivity index (χ3v) is 6.05. The van der Waals surface area contributed by atoms with Gasteiger partial charge in [0.05, 0.1) is 7.11 Å². The number of carbonyl (C=O) groups excluding carboxylic acids is 4. The van der Waals surface area contributed by atoms with Crippen LogP contribution in [-0.4, -0.2) is 35.9 Å². The van der Waals surface area contributed by atoms with Gasteiger partial charge in [0.25, 0.3) is 11.8 Å². The van der Waals surface area contributed by atoms with Gasteiger partial charge in [-0.3, -0.25) is 14.4 Å². The van der Waals surface area contributed by atoms with Crippen LogP contribution in [0.1, 0.15) is 122 Å². The number of esters is 1. The second-order valence-corrected chi connectivity index (χ2v) is 8.81. The predicted molar refractivity (Wildman–Crippen MR) is 122 cm³/mol. The molecule has 1 unspecified atom stereocenters. The standard InChI is InChI=1S/C25H43NO6/c1-3-4-5-6-7-8-9-10-11-12-13-14-15-16-17-18-21(24(29)31-2)25(30)32-26-22(27)19-20-23(26)28/h21H,3-20H2,1-2H3. The topological polar surface area (TPSA) is 90.0 Å². The van der Waals surface area contributed by atoms with Gasteiger partial charge in [-0.05, 0) is 6.42 Å². The van der Waals surface area contributed by atoms with E-state index in [9.17, 15) is 19.2 Å². The SMILES string of the molecule is CCCCCCCCCCCCCCCCCC(C(=O)OC)C(=O)ON1C(=O)CCC1=O. The Morgan fingerprint density at radius 2 is 1.12 bits per heavy atom. The van der Waals surface area contributed by atoms with Crippen molar-refractivity contribution < 1.29 is 28.8 Å². The third kappa shape index (κ3) is 11.6. The van der Waals surface area contributed by atoms with Crippen LogP contribution in [0.5, 0.6) is 0 Å². The number of carbonyl (C=O) groups is 4. The molecule has 0 aliphatic carbocycles. The first-order valence-corrected chi connectivity index (χ1v) is 12.7. The smallest absolute Gasteiger partial charge is 0.347 e. The molecule has 7 heteroatoms. The molecule has 1 fully saturated rings. The lowest BCUT2D eigenvalue weighted by atomic mass is 10.00. The lowest BCUT2D eigenvalue weighted by molar-refractivity contribution is -0.202. The molecule has 1 aliphatic rings. The molecular weight excluding hydrogens is 410 g/mol. The number of ether oxygens (including phenoxy) is 1. The maximum atomic E-state index is 12.3. The molecule has 0 saturated carbocycles. The van der Waals surface area contributed by atoms with E-state index in [2.05, 4.69) is 6.92 Å². The summed E-state index contributed by atoms with van der Waals surface area (Å²) in [5.74, 6) is -3.81. The minimum atomic E-state index is -1.11. The lowest BCUT2D eigenvalue weighted by Gasteiger charge is -2.17. The summed E-state index contributed by atoms with van der Waals surface area (Å²) in [4.78, 5) is 52.4. The third-order valence-electron chi connectivity index (χ3n) is 6.05. The van der Waals surface area contributed by atoms with E-state index in [0.717, 1.165) is 19.3 Å². The van der Waals surface area contributed by atoms with Crippen LogP contribution in [0.2, 0.25) is 0 Å². The van der Waals surface area contributed by atoms with Crippen molar-refractivity contribution in [2.45, 2.75) is 122 Å². The van der Waals surface area contributed by atoms with Gasteiger partial charge in [-0.2, -0.15) is 0 Å². The molecule has 1 heterocycles. The first kappa shape index (κ1) is 28.1. The number of hydroxylamine groups is 2. The van der Waals surface area contributed by atoms with Gasteiger partial charge in [0.15, 0.2) is 5.92 Å². The van der Waals surface area contributed by atoms with Gasteiger partial charge in [-0.1, -0.05) is 103 Å². The van der Waals surface area contributed by atoms with Crippen LogP contribution in [0.15, 0.2) is 0 Å². The summed E-state index contributed by atoms with van der Waals surface area (Å²) in [5, 5.41) is 0.477. The summed E-state index contributed by atoms with van der Waals surface area (Å²) in [7, 11) is 1.21. The fourth-order valence-corrected chi connectivity index (χ4v) is 4.01. The average molecular weight is 454 g/mol. The van der Waals surface area contributed by atoms with Gasteiger partial charge in [0, 0.05) is 12.8 Å². The first-order chi connectivity index (χ1) is 15.5. The lowest BCUT2D eigenvalue weighted by Crippen LogP contribution is -2.37. The molecule has 1 saturated heterocycles. The molecule has 184 valence electrons. The Hall–Kier alpha value is -1.92. The van der Waals surface area contributed by atoms with Gasteiger partial charge in [-0.25, -0.2) is 4.79 Å². The highest BCUT2D eigenvalue weighted by Crippen LogP contribution is 2.19. The number of nitrogens with zero attached hydrogens (tertiary/aromatic N) is 1. The molecule has 0 N–H and O–H groups in total. The van der Waals surface area contributed by atoms with E-state index in [1.54, 1.807) is 0 Å². The van der Waals surface area contributed by atoms with Crippen LogP contribution in [0.4, 0.5) is 0 Å². The van der Waals surface area contributed by atoms with E-state index in [1.807, 2.05) is 0 Å². The first-order valence-electron chi connectivity index (χ1n) is 12.7. The van der Waals surface area contributed by atoms with E-state index in [4.69, 9.17) is 9.57 Å². The van der Waals surface area contributed by atoms with Crippen molar-refractivity contribution in [2.75, 3.05) is 7.11 Å². The number of hydrogen-bond acceptors (Lipinski definition) is 6. The molecule has 0 bridgehead atoms. The quantitative estimate of drug-likeness (QED) is 0.109. The van der Waals surface area contributed by atoms with Gasteiger partial charge in [0.1, 0.15) is 0 Å². The summed E-state index contributed by atoms with van der Waals surface area (Å²) in [5.41, 5.74) is 0. The van der Waals surface area contributed by atoms with Crippen molar-refractivity contribution in [2.24, 2.45) is 5.92 Å². The van der Waals surface area contributed by atoms with Crippen molar-refractivity contribution in [3.8, 4) is 0 Å². The second kappa shape index (κ2) is 17.6. The Morgan fingerprint density at radius 1 is 0.719 bits per heavy atom. The van der Waals surface area contributed by atoms with Crippen molar-refractivity contribution >= 4 is 23.8 Å². The number of imide groups is 1. The molecule has 1 rings (SSSR count). The minimum Gasteiger partial charge on any atom is -0.468 e. The molecule has 0 aromatic carbocycles. The average Bonchev–Trinajstić information content (AvgIpc) is 3.10. The van der Waals surface area contributed by atoms with Gasteiger partial charge in [0.2, 0.25) is 0 Å². The molecular formula is C25H43NO6. The van der Waals surface area contributed by atoms with Crippen molar-refractivity contribution in [3.63, 3.8) is 0 Å². The Balaban J connectivity index is 2.08. The highest BCUT2D eigenvalue weighted by atomic mass is 16.7. The zero-order valence-electron chi connectivity index (χ0n) is 20.2. The number of hydrogen-bond donors (Lipinski definition) is 0. The summed E-state index contributed by atoms with van der Waals surface area (Å²) in [6.45, 7) is 2.25. The van der Waals surface area contributed by atoms with Crippen LogP contribution in [0.25, 0.3) is 0 Å². The highest BCUT2D eigenvalue weighted by Gasteiger charge is 2.37. The molecule has 32 heavy (non-hydrogen) atoms. The Morgan fingerprint density at radius 3 is 1.53 bits per heavy atom. The molecule has 0 aromatic rings. The van der Waals surface area contributed by atoms with Crippen molar-refractivity contribution in [1.29, 1.82) is 0 Å². The maximum absolute atomic E-state index is 12.3. The minimum absolute atomic E-state index is 0.0219. The Kier molecular flexibility index (Phi) is 15.5. The number of rotatable bonds is 19. The van der Waals surface area contributed by atoms with Crippen LogP contribution in [0.3, 0.4) is 0 Å².